The molecule has 148 valence electrons. The molecular formula is C17H18FN5O4S. The van der Waals surface area contributed by atoms with E-state index < -0.39 is 39.9 Å². The molecular weight excluding hydrogens is 389 g/mol. The van der Waals surface area contributed by atoms with Crippen LogP contribution in [0.2, 0.25) is 0 Å². The number of nitrogens with one attached hydrogen (secondary N) is 2. The summed E-state index contributed by atoms with van der Waals surface area (Å²) >= 11 is 0. The molecule has 0 saturated carbocycles. The Kier molecular flexibility index (Phi) is 4.63. The Morgan fingerprint density at radius 1 is 1.39 bits per heavy atom. The van der Waals surface area contributed by atoms with Gasteiger partial charge < -0.3 is 10.4 Å². The number of carbonyl (C=O) groups is 1. The van der Waals surface area contributed by atoms with Gasteiger partial charge in [0.25, 0.3) is 5.91 Å². The molecule has 0 unspecified atom stereocenters. The second kappa shape index (κ2) is 6.99. The number of hydrogen-bond acceptors (Lipinski definition) is 7. The Hall–Kier alpha value is -2.79. The zero-order valence-electron chi connectivity index (χ0n) is 14.7. The van der Waals surface area contributed by atoms with Crippen molar-refractivity contribution in [2.24, 2.45) is 0 Å². The van der Waals surface area contributed by atoms with Gasteiger partial charge in [0.05, 0.1) is 6.20 Å². The number of carbonyl (C=O) groups excluding carboxylic acids is 1. The van der Waals surface area contributed by atoms with Crippen molar-refractivity contribution in [2.75, 3.05) is 10.8 Å². The molecule has 1 aliphatic heterocycles. The number of nitrogens with zero attached hydrogens (tertiary/aromatic N) is 3. The lowest BCUT2D eigenvalue weighted by atomic mass is 9.87. The summed E-state index contributed by atoms with van der Waals surface area (Å²) in [6.45, 7) is -0.0245. The van der Waals surface area contributed by atoms with Gasteiger partial charge >= 0.3 is 10.2 Å². The van der Waals surface area contributed by atoms with Crippen LogP contribution in [-0.4, -0.2) is 42.2 Å². The van der Waals surface area contributed by atoms with Gasteiger partial charge in [0.2, 0.25) is 0 Å². The largest absolute Gasteiger partial charge is 0.506 e. The molecule has 28 heavy (non-hydrogen) atoms. The van der Waals surface area contributed by atoms with E-state index in [0.717, 1.165) is 12.0 Å². The molecule has 1 atom stereocenters. The van der Waals surface area contributed by atoms with Crippen LogP contribution in [0.15, 0.2) is 24.5 Å². The van der Waals surface area contributed by atoms with Crippen LogP contribution in [0.25, 0.3) is 0 Å². The molecule has 9 nitrogen and oxygen atoms in total. The number of aromatic hydroxyl groups is 1. The van der Waals surface area contributed by atoms with E-state index in [-0.39, 0.29) is 6.04 Å². The number of aromatic nitrogens is 2. The lowest BCUT2D eigenvalue weighted by Crippen LogP contribution is -2.35. The van der Waals surface area contributed by atoms with Crippen molar-refractivity contribution in [3.8, 4) is 5.75 Å². The van der Waals surface area contributed by atoms with Gasteiger partial charge in [-0.15, -0.1) is 0 Å². The maximum absolute atomic E-state index is 15.2. The van der Waals surface area contributed by atoms with Gasteiger partial charge in [0.15, 0.2) is 5.82 Å². The fraction of sp³-hybridized carbons (Fsp3) is 0.353. The zero-order chi connectivity index (χ0) is 19.9. The lowest BCUT2D eigenvalue weighted by Gasteiger charge is -2.28. The summed E-state index contributed by atoms with van der Waals surface area (Å²) in [7, 11) is -4.22. The SMILES string of the molecule is O=C1CN(c2c(O)cc3c(c2F)C[C@H](NCc2ccnnc2)CC3)S(=O)(=O)N1. The van der Waals surface area contributed by atoms with Crippen molar-refractivity contribution in [1.29, 1.82) is 0 Å². The number of fused-ring (bicyclic) bond motifs is 1. The number of amides is 1. The Balaban J connectivity index is 1.60. The van der Waals surface area contributed by atoms with E-state index in [9.17, 15) is 18.3 Å². The van der Waals surface area contributed by atoms with E-state index in [1.807, 2.05) is 6.07 Å². The van der Waals surface area contributed by atoms with Crippen LogP contribution in [0.3, 0.4) is 0 Å². The number of aryl methyl sites for hydroxylation is 1. The number of rotatable bonds is 4. The summed E-state index contributed by atoms with van der Waals surface area (Å²) in [6, 6.07) is 3.19. The lowest BCUT2D eigenvalue weighted by molar-refractivity contribution is -0.117. The second-order valence-corrected chi connectivity index (χ2v) is 8.40. The van der Waals surface area contributed by atoms with E-state index >= 15 is 4.39 Å². The summed E-state index contributed by atoms with van der Waals surface area (Å²) < 4.78 is 41.7. The number of phenolic OH excluding ortho intramolecular Hbond substituents is 1. The summed E-state index contributed by atoms with van der Waals surface area (Å²) in [6.07, 6.45) is 4.85. The fourth-order valence-electron chi connectivity index (χ4n) is 3.58. The van der Waals surface area contributed by atoms with Crippen LogP contribution in [0, 0.1) is 5.82 Å². The van der Waals surface area contributed by atoms with Gasteiger partial charge in [0.1, 0.15) is 18.0 Å². The number of phenols is 1. The van der Waals surface area contributed by atoms with Crippen molar-refractivity contribution >= 4 is 21.8 Å². The molecule has 3 N–H and O–H groups in total. The molecule has 2 aromatic rings. The van der Waals surface area contributed by atoms with Gasteiger partial charge in [-0.05, 0) is 48.1 Å². The van der Waals surface area contributed by atoms with Gasteiger partial charge in [-0.2, -0.15) is 18.6 Å². The number of halogens is 1. The molecule has 1 aromatic carbocycles. The third-order valence-electron chi connectivity index (χ3n) is 4.94. The molecule has 1 fully saturated rings. The first kappa shape index (κ1) is 18.6. The Bertz CT molecular complexity index is 1030. The first-order valence-electron chi connectivity index (χ1n) is 8.70. The minimum absolute atomic E-state index is 0.0255. The molecule has 0 spiro atoms. The monoisotopic (exact) mass is 407 g/mol. The minimum atomic E-state index is -4.22. The molecule has 2 heterocycles. The Labute approximate surface area is 160 Å². The first-order chi connectivity index (χ1) is 13.3. The van der Waals surface area contributed by atoms with Crippen molar-refractivity contribution < 1.29 is 22.7 Å². The van der Waals surface area contributed by atoms with Gasteiger partial charge in [-0.1, -0.05) is 0 Å². The Morgan fingerprint density at radius 3 is 2.89 bits per heavy atom. The highest BCUT2D eigenvalue weighted by Crippen LogP contribution is 2.39. The molecule has 11 heteroatoms. The number of benzene rings is 1. The zero-order valence-corrected chi connectivity index (χ0v) is 15.5. The molecule has 1 amide bonds. The third-order valence-corrected chi connectivity index (χ3v) is 6.31. The highest BCUT2D eigenvalue weighted by Gasteiger charge is 2.39. The van der Waals surface area contributed by atoms with Gasteiger partial charge in [0, 0.05) is 18.8 Å². The quantitative estimate of drug-likeness (QED) is 0.659. The van der Waals surface area contributed by atoms with E-state index in [2.05, 4.69) is 15.5 Å². The number of hydrogen-bond donors (Lipinski definition) is 3. The molecule has 4 rings (SSSR count). The van der Waals surface area contributed by atoms with Crippen molar-refractivity contribution in [3.63, 3.8) is 0 Å². The smallest absolute Gasteiger partial charge is 0.326 e. The molecule has 1 saturated heterocycles. The highest BCUT2D eigenvalue weighted by molar-refractivity contribution is 7.92. The molecule has 1 aromatic heterocycles. The van der Waals surface area contributed by atoms with Gasteiger partial charge in [-0.25, -0.2) is 13.4 Å². The Morgan fingerprint density at radius 2 is 2.21 bits per heavy atom. The minimum Gasteiger partial charge on any atom is -0.506 e. The summed E-state index contributed by atoms with van der Waals surface area (Å²) in [5, 5.41) is 21.1. The standard InChI is InChI=1S/C17H18FN5O4S/c18-16-13-6-12(19-7-10-3-4-20-21-8-10)2-1-11(13)5-14(24)17(16)23-9-15(25)22-28(23,26)27/h3-5,8,12,19,24H,1-2,6-7,9H2,(H,22,25)/t12-/m1/s1. The normalized spacial score (nSPS) is 20.7. The predicted molar refractivity (Wildman–Crippen MR) is 97.2 cm³/mol. The van der Waals surface area contributed by atoms with E-state index in [1.54, 1.807) is 17.1 Å². The van der Waals surface area contributed by atoms with Crippen LogP contribution in [0.4, 0.5) is 10.1 Å². The van der Waals surface area contributed by atoms with Crippen LogP contribution in [0.1, 0.15) is 23.1 Å². The molecule has 0 bridgehead atoms. The maximum Gasteiger partial charge on any atom is 0.326 e. The first-order valence-corrected chi connectivity index (χ1v) is 10.1. The second-order valence-electron chi connectivity index (χ2n) is 6.80. The van der Waals surface area contributed by atoms with Gasteiger partial charge in [-0.3, -0.25) is 4.79 Å². The summed E-state index contributed by atoms with van der Waals surface area (Å²) in [4.78, 5) is 11.5. The molecule has 1 aliphatic carbocycles. The maximum atomic E-state index is 15.2. The average Bonchev–Trinajstić information content (AvgIpc) is 2.93. The van der Waals surface area contributed by atoms with Crippen LogP contribution in [-0.2, 0) is 34.4 Å². The topological polar surface area (TPSA) is 125 Å². The van der Waals surface area contributed by atoms with E-state index in [4.69, 9.17) is 0 Å². The summed E-state index contributed by atoms with van der Waals surface area (Å²) in [5.41, 5.74) is 1.44. The molecule has 0 radical (unpaired) electrons. The van der Waals surface area contributed by atoms with Crippen LogP contribution >= 0.6 is 0 Å². The van der Waals surface area contributed by atoms with E-state index in [1.165, 1.54) is 6.07 Å². The fourth-order valence-corrected chi connectivity index (χ4v) is 4.74. The highest BCUT2D eigenvalue weighted by atomic mass is 32.2. The van der Waals surface area contributed by atoms with E-state index in [0.29, 0.717) is 34.8 Å². The van der Waals surface area contributed by atoms with Crippen LogP contribution < -0.4 is 14.3 Å². The summed E-state index contributed by atoms with van der Waals surface area (Å²) in [5.74, 6) is -2.08. The van der Waals surface area contributed by atoms with Crippen molar-refractivity contribution in [3.05, 3.63) is 47.0 Å². The number of anilines is 1. The molecule has 2 aliphatic rings. The van der Waals surface area contributed by atoms with Crippen molar-refractivity contribution in [2.45, 2.75) is 31.8 Å². The van der Waals surface area contributed by atoms with Crippen LogP contribution in [0.5, 0.6) is 5.75 Å². The third kappa shape index (κ3) is 3.38. The van der Waals surface area contributed by atoms with Crippen molar-refractivity contribution in [1.82, 2.24) is 20.2 Å². The average molecular weight is 407 g/mol. The predicted octanol–water partition coefficient (Wildman–Crippen LogP) is 0.149.